The molecular formula is C31H44N4O4. The second-order valence-electron chi connectivity index (χ2n) is 10.9. The van der Waals surface area contributed by atoms with Gasteiger partial charge in [-0.3, -0.25) is 14.6 Å². The lowest BCUT2D eigenvalue weighted by molar-refractivity contribution is -0.392. The number of benzene rings is 2. The number of rotatable bonds is 7. The van der Waals surface area contributed by atoms with E-state index in [-0.39, 0.29) is 18.5 Å². The van der Waals surface area contributed by atoms with Crippen LogP contribution in [0, 0.1) is 0 Å². The molecule has 3 heterocycles. The van der Waals surface area contributed by atoms with Gasteiger partial charge in [0.15, 0.2) is 12.6 Å². The standard InChI is InChI=1S/C31H44N4O4/c36-29(37-26-27-10-3-1-4-11-27)24-34-18-8-16-33-15-7-14-32(20-22-34)17-9-19-35(23-21-33)25-30-38-31(39-30)28-12-5-2-6-13-28/h1-6,10-13,30-31H,7-9,14-26H2. The number of fused-ring (bicyclic) bond motifs is 4. The topological polar surface area (TPSA) is 57.7 Å². The Bertz CT molecular complexity index is 989. The summed E-state index contributed by atoms with van der Waals surface area (Å²) in [6.07, 6.45) is 2.97. The quantitative estimate of drug-likeness (QED) is 0.500. The van der Waals surface area contributed by atoms with Gasteiger partial charge in [0.2, 0.25) is 0 Å². The van der Waals surface area contributed by atoms with Crippen LogP contribution in [0.1, 0.15) is 36.7 Å². The predicted molar refractivity (Wildman–Crippen MR) is 151 cm³/mol. The van der Waals surface area contributed by atoms with Crippen molar-refractivity contribution in [2.45, 2.75) is 38.4 Å². The van der Waals surface area contributed by atoms with Crippen LogP contribution in [-0.2, 0) is 25.6 Å². The first kappa shape index (κ1) is 28.2. The van der Waals surface area contributed by atoms with E-state index in [0.717, 1.165) is 96.0 Å². The molecule has 0 aromatic heterocycles. The molecular weight excluding hydrogens is 492 g/mol. The van der Waals surface area contributed by atoms with E-state index >= 15 is 0 Å². The van der Waals surface area contributed by atoms with E-state index in [2.05, 4.69) is 31.7 Å². The second-order valence-corrected chi connectivity index (χ2v) is 10.9. The summed E-state index contributed by atoms with van der Waals surface area (Å²) in [5.41, 5.74) is 2.11. The first-order chi connectivity index (χ1) is 19.2. The number of hydrogen-bond donors (Lipinski definition) is 0. The number of carbonyl (C=O) groups excluding carboxylic acids is 1. The Balaban J connectivity index is 1.10. The minimum absolute atomic E-state index is 0.135. The van der Waals surface area contributed by atoms with Crippen LogP contribution in [0.25, 0.3) is 0 Å². The highest BCUT2D eigenvalue weighted by atomic mass is 16.9. The van der Waals surface area contributed by atoms with Crippen molar-refractivity contribution in [2.75, 3.05) is 78.5 Å². The molecule has 2 unspecified atom stereocenters. The zero-order chi connectivity index (χ0) is 26.7. The lowest BCUT2D eigenvalue weighted by Crippen LogP contribution is -2.47. The molecule has 39 heavy (non-hydrogen) atoms. The fourth-order valence-corrected chi connectivity index (χ4v) is 5.67. The predicted octanol–water partition coefficient (Wildman–Crippen LogP) is 3.21. The van der Waals surface area contributed by atoms with E-state index in [4.69, 9.17) is 14.2 Å². The van der Waals surface area contributed by atoms with Crippen LogP contribution in [0.2, 0.25) is 0 Å². The fourth-order valence-electron chi connectivity index (χ4n) is 5.67. The maximum atomic E-state index is 12.6. The molecule has 0 aliphatic carbocycles. The minimum atomic E-state index is -0.233. The van der Waals surface area contributed by atoms with Crippen LogP contribution >= 0.6 is 0 Å². The van der Waals surface area contributed by atoms with Crippen molar-refractivity contribution in [1.29, 1.82) is 0 Å². The largest absolute Gasteiger partial charge is 0.460 e. The Morgan fingerprint density at radius 1 is 0.692 bits per heavy atom. The van der Waals surface area contributed by atoms with Gasteiger partial charge in [-0.1, -0.05) is 60.7 Å². The Labute approximate surface area is 233 Å². The average Bonchev–Trinajstić information content (AvgIpc) is 3.01. The zero-order valence-corrected chi connectivity index (χ0v) is 23.2. The van der Waals surface area contributed by atoms with Gasteiger partial charge in [0.25, 0.3) is 0 Å². The lowest BCUT2D eigenvalue weighted by Gasteiger charge is -2.39. The summed E-state index contributed by atoms with van der Waals surface area (Å²) in [4.78, 5) is 22.6. The Morgan fingerprint density at radius 3 is 1.92 bits per heavy atom. The van der Waals surface area contributed by atoms with Gasteiger partial charge in [-0.2, -0.15) is 0 Å². The van der Waals surface area contributed by atoms with Crippen molar-refractivity contribution in [3.05, 3.63) is 71.8 Å². The van der Waals surface area contributed by atoms with Gasteiger partial charge in [0.1, 0.15) is 6.61 Å². The van der Waals surface area contributed by atoms with Gasteiger partial charge in [-0.15, -0.1) is 0 Å². The summed E-state index contributed by atoms with van der Waals surface area (Å²) in [6, 6.07) is 20.1. The van der Waals surface area contributed by atoms with Gasteiger partial charge < -0.3 is 24.0 Å². The maximum Gasteiger partial charge on any atom is 0.320 e. The van der Waals surface area contributed by atoms with Crippen molar-refractivity contribution in [3.8, 4) is 0 Å². The monoisotopic (exact) mass is 536 g/mol. The average molecular weight is 537 g/mol. The number of nitrogens with zero attached hydrogens (tertiary/aromatic N) is 4. The third-order valence-electron chi connectivity index (χ3n) is 7.94. The van der Waals surface area contributed by atoms with E-state index in [1.165, 1.54) is 6.42 Å². The molecule has 3 saturated heterocycles. The van der Waals surface area contributed by atoms with E-state index in [0.29, 0.717) is 13.2 Å². The number of carbonyl (C=O) groups is 1. The van der Waals surface area contributed by atoms with Crippen LogP contribution < -0.4 is 0 Å². The third kappa shape index (κ3) is 9.10. The maximum absolute atomic E-state index is 12.6. The SMILES string of the molecule is O=C(CN1CCCN2CCCN(CCCN(CC3OC(c4ccccc4)O3)CC2)CC1)OCc1ccccc1. The van der Waals surface area contributed by atoms with Crippen molar-refractivity contribution < 1.29 is 19.0 Å². The molecule has 2 bridgehead atoms. The molecule has 212 valence electrons. The van der Waals surface area contributed by atoms with Gasteiger partial charge in [0, 0.05) is 44.8 Å². The molecule has 3 aliphatic rings. The molecule has 2 atom stereocenters. The van der Waals surface area contributed by atoms with E-state index in [9.17, 15) is 4.79 Å². The minimum Gasteiger partial charge on any atom is -0.460 e. The van der Waals surface area contributed by atoms with Gasteiger partial charge in [-0.25, -0.2) is 0 Å². The lowest BCUT2D eigenvalue weighted by atomic mass is 10.2. The van der Waals surface area contributed by atoms with Gasteiger partial charge in [0.05, 0.1) is 6.54 Å². The molecule has 0 saturated carbocycles. The first-order valence-corrected chi connectivity index (χ1v) is 14.7. The molecule has 0 spiro atoms. The fraction of sp³-hybridized carbons (Fsp3) is 0.581. The highest BCUT2D eigenvalue weighted by Crippen LogP contribution is 2.31. The zero-order valence-electron chi connectivity index (χ0n) is 23.2. The third-order valence-corrected chi connectivity index (χ3v) is 7.94. The Hall–Kier alpha value is -2.33. The molecule has 0 radical (unpaired) electrons. The highest BCUT2D eigenvalue weighted by Gasteiger charge is 2.33. The first-order valence-electron chi connectivity index (χ1n) is 14.7. The summed E-state index contributed by atoms with van der Waals surface area (Å²) >= 11 is 0. The summed E-state index contributed by atoms with van der Waals surface area (Å²) in [5, 5.41) is 0. The van der Waals surface area contributed by atoms with Gasteiger partial charge in [-0.05, 0) is 57.5 Å². The molecule has 0 N–H and O–H groups in total. The second kappa shape index (κ2) is 14.9. The van der Waals surface area contributed by atoms with E-state index < -0.39 is 0 Å². The summed E-state index contributed by atoms with van der Waals surface area (Å²) in [7, 11) is 0. The molecule has 3 aliphatic heterocycles. The smallest absolute Gasteiger partial charge is 0.320 e. The van der Waals surface area contributed by atoms with Crippen molar-refractivity contribution in [1.82, 2.24) is 19.6 Å². The Morgan fingerprint density at radius 2 is 1.26 bits per heavy atom. The van der Waals surface area contributed by atoms with E-state index in [1.54, 1.807) is 0 Å². The van der Waals surface area contributed by atoms with Crippen LogP contribution in [0.5, 0.6) is 0 Å². The molecule has 8 heteroatoms. The summed E-state index contributed by atoms with van der Waals surface area (Å²) in [5.74, 6) is -0.135. The van der Waals surface area contributed by atoms with Crippen molar-refractivity contribution in [2.24, 2.45) is 0 Å². The van der Waals surface area contributed by atoms with Crippen LogP contribution in [0.15, 0.2) is 60.7 Å². The Kier molecular flexibility index (Phi) is 10.8. The molecule has 3 fully saturated rings. The van der Waals surface area contributed by atoms with Crippen LogP contribution in [0.3, 0.4) is 0 Å². The van der Waals surface area contributed by atoms with Crippen LogP contribution in [-0.4, -0.2) is 110 Å². The van der Waals surface area contributed by atoms with Gasteiger partial charge >= 0.3 is 5.97 Å². The highest BCUT2D eigenvalue weighted by molar-refractivity contribution is 5.71. The molecule has 0 amide bonds. The normalized spacial score (nSPS) is 27.7. The number of hydrogen-bond acceptors (Lipinski definition) is 8. The molecule has 8 nitrogen and oxygen atoms in total. The van der Waals surface area contributed by atoms with Crippen molar-refractivity contribution in [3.63, 3.8) is 0 Å². The summed E-state index contributed by atoms with van der Waals surface area (Å²) in [6.45, 7) is 11.8. The number of ether oxygens (including phenoxy) is 3. The molecule has 2 aromatic carbocycles. The summed E-state index contributed by atoms with van der Waals surface area (Å²) < 4.78 is 17.7. The molecule has 5 rings (SSSR count). The molecule has 2 aromatic rings. The van der Waals surface area contributed by atoms with Crippen molar-refractivity contribution >= 4 is 5.97 Å². The van der Waals surface area contributed by atoms with Crippen LogP contribution in [0.4, 0.5) is 0 Å². The number of esters is 1. The van der Waals surface area contributed by atoms with E-state index in [1.807, 2.05) is 48.5 Å².